The van der Waals surface area contributed by atoms with Crippen LogP contribution in [0, 0.1) is 5.92 Å². The van der Waals surface area contributed by atoms with E-state index in [1.165, 1.54) is 6.20 Å². The third kappa shape index (κ3) is 5.95. The Morgan fingerprint density at radius 3 is 2.61 bits per heavy atom. The number of rotatable bonds is 11. The molecule has 2 aliphatic carbocycles. The highest BCUT2D eigenvalue weighted by Gasteiger charge is 2.55. The van der Waals surface area contributed by atoms with Crippen molar-refractivity contribution in [3.05, 3.63) is 17.8 Å². The van der Waals surface area contributed by atoms with Crippen LogP contribution in [0.5, 0.6) is 5.88 Å². The zero-order valence-electron chi connectivity index (χ0n) is 20.6. The quantitative estimate of drug-likeness (QED) is 0.436. The van der Waals surface area contributed by atoms with E-state index in [0.29, 0.717) is 24.5 Å². The van der Waals surface area contributed by atoms with Crippen LogP contribution in [0.1, 0.15) is 83.5 Å². The van der Waals surface area contributed by atoms with Gasteiger partial charge in [-0.2, -0.15) is 5.10 Å². The Morgan fingerprint density at radius 2 is 2.00 bits per heavy atom. The van der Waals surface area contributed by atoms with E-state index in [-0.39, 0.29) is 35.6 Å². The highest BCUT2D eigenvalue weighted by molar-refractivity contribution is 5.97. The molecule has 4 N–H and O–H groups in total. The van der Waals surface area contributed by atoms with Crippen LogP contribution < -0.4 is 21.1 Å². The molecule has 1 aromatic rings. The number of carbonyl (C=O) groups is 2. The van der Waals surface area contributed by atoms with Crippen molar-refractivity contribution in [2.45, 2.75) is 89.8 Å². The fraction of sp³-hybridized carbons (Fsp3) is 0.708. The minimum Gasteiger partial charge on any atom is -0.477 e. The third-order valence-electron chi connectivity index (χ3n) is 6.51. The molecule has 0 radical (unpaired) electrons. The van der Waals surface area contributed by atoms with Crippen molar-refractivity contribution >= 4 is 18.0 Å². The summed E-state index contributed by atoms with van der Waals surface area (Å²) in [4.78, 5) is 25.1. The van der Waals surface area contributed by atoms with Gasteiger partial charge in [-0.3, -0.25) is 9.59 Å². The van der Waals surface area contributed by atoms with Crippen molar-refractivity contribution in [1.82, 2.24) is 20.4 Å². The van der Waals surface area contributed by atoms with Gasteiger partial charge in [0.25, 0.3) is 5.91 Å². The predicted molar refractivity (Wildman–Crippen MR) is 127 cm³/mol. The Kier molecular flexibility index (Phi) is 7.53. The standard InChI is InChI=1S/C24H39N5O4/c1-6-19(30)27-22(4,5)11-12-29-21(32-14-17(2)3)18(13-26-29)20(31)28-23-7-9-24(15-23,10-8-23)33-16-25/h11-13,17H,6-10,14-16,25H2,1-5H3,(H,27,30)(H,28,31)/b12-11+. The van der Waals surface area contributed by atoms with Crippen molar-refractivity contribution in [1.29, 1.82) is 0 Å². The molecule has 0 aromatic carbocycles. The normalized spacial score (nSPS) is 24.6. The lowest BCUT2D eigenvalue weighted by molar-refractivity contribution is -0.121. The highest BCUT2D eigenvalue weighted by atomic mass is 16.5. The average Bonchev–Trinajstić information content (AvgIpc) is 3.41. The van der Waals surface area contributed by atoms with Crippen molar-refractivity contribution in [2.75, 3.05) is 13.3 Å². The van der Waals surface area contributed by atoms with Gasteiger partial charge in [-0.25, -0.2) is 4.68 Å². The first-order valence-electron chi connectivity index (χ1n) is 11.9. The molecule has 0 unspecified atom stereocenters. The number of carbonyl (C=O) groups excluding carboxylic acids is 2. The second-order valence-corrected chi connectivity index (χ2v) is 10.4. The van der Waals surface area contributed by atoms with E-state index in [4.69, 9.17) is 15.2 Å². The van der Waals surface area contributed by atoms with E-state index >= 15 is 0 Å². The van der Waals surface area contributed by atoms with Crippen LogP contribution >= 0.6 is 0 Å². The SMILES string of the molecule is CCC(=O)NC(C)(C)/C=C/n1ncc(C(=O)NC23CCC(OCN)(CC2)C3)c1OCC(C)C. The number of fused-ring (bicyclic) bond motifs is 2. The third-order valence-corrected chi connectivity index (χ3v) is 6.51. The molecule has 2 aliphatic rings. The predicted octanol–water partition coefficient (Wildman–Crippen LogP) is 2.81. The lowest BCUT2D eigenvalue weighted by Gasteiger charge is -2.28. The molecular weight excluding hydrogens is 422 g/mol. The average molecular weight is 462 g/mol. The second-order valence-electron chi connectivity index (χ2n) is 10.4. The Labute approximate surface area is 196 Å². The molecule has 9 heteroatoms. The van der Waals surface area contributed by atoms with Crippen LogP contribution in [0.2, 0.25) is 0 Å². The summed E-state index contributed by atoms with van der Waals surface area (Å²) in [5.41, 5.74) is 4.97. The van der Waals surface area contributed by atoms with Gasteiger partial charge in [0.05, 0.1) is 30.7 Å². The second kappa shape index (κ2) is 9.85. The summed E-state index contributed by atoms with van der Waals surface area (Å²) in [5, 5.41) is 10.6. The Balaban J connectivity index is 1.79. The fourth-order valence-corrected chi connectivity index (χ4v) is 4.75. The lowest BCUT2D eigenvalue weighted by atomic mass is 9.92. The summed E-state index contributed by atoms with van der Waals surface area (Å²) in [5.74, 6) is 0.443. The van der Waals surface area contributed by atoms with Gasteiger partial charge in [0.2, 0.25) is 11.8 Å². The summed E-state index contributed by atoms with van der Waals surface area (Å²) in [6.45, 7) is 10.4. The van der Waals surface area contributed by atoms with E-state index < -0.39 is 5.54 Å². The molecule has 2 fully saturated rings. The fourth-order valence-electron chi connectivity index (χ4n) is 4.75. The van der Waals surface area contributed by atoms with Crippen LogP contribution in [0.4, 0.5) is 0 Å². The van der Waals surface area contributed by atoms with Gasteiger partial charge >= 0.3 is 0 Å². The van der Waals surface area contributed by atoms with E-state index in [1.54, 1.807) is 10.9 Å². The number of nitrogens with zero attached hydrogens (tertiary/aromatic N) is 2. The molecule has 1 heterocycles. The van der Waals surface area contributed by atoms with Crippen LogP contribution in [-0.4, -0.2) is 51.6 Å². The number of hydrogen-bond acceptors (Lipinski definition) is 6. The molecule has 33 heavy (non-hydrogen) atoms. The van der Waals surface area contributed by atoms with E-state index in [0.717, 1.165) is 32.1 Å². The Bertz CT molecular complexity index is 881. The number of amides is 2. The lowest BCUT2D eigenvalue weighted by Crippen LogP contribution is -2.45. The molecule has 2 saturated carbocycles. The smallest absolute Gasteiger partial charge is 0.258 e. The highest BCUT2D eigenvalue weighted by Crippen LogP contribution is 2.52. The van der Waals surface area contributed by atoms with Crippen molar-refractivity contribution in [3.8, 4) is 5.88 Å². The van der Waals surface area contributed by atoms with Gasteiger partial charge in [-0.05, 0) is 57.9 Å². The number of aromatic nitrogens is 2. The topological polar surface area (TPSA) is 120 Å². The molecule has 2 amide bonds. The van der Waals surface area contributed by atoms with Crippen molar-refractivity contribution < 1.29 is 19.1 Å². The molecule has 3 rings (SSSR count). The minimum absolute atomic E-state index is 0.0384. The Hall–Kier alpha value is -2.39. The maximum absolute atomic E-state index is 13.3. The minimum atomic E-state index is -0.574. The maximum Gasteiger partial charge on any atom is 0.258 e. The molecule has 0 spiro atoms. The van der Waals surface area contributed by atoms with Crippen LogP contribution in [-0.2, 0) is 9.53 Å². The van der Waals surface area contributed by atoms with Crippen LogP contribution in [0.3, 0.4) is 0 Å². The molecule has 0 aliphatic heterocycles. The van der Waals surface area contributed by atoms with Gasteiger partial charge < -0.3 is 25.8 Å². The molecule has 2 bridgehead atoms. The number of hydrogen-bond donors (Lipinski definition) is 3. The van der Waals surface area contributed by atoms with E-state index in [9.17, 15) is 9.59 Å². The molecule has 0 atom stereocenters. The summed E-state index contributed by atoms with van der Waals surface area (Å²) < 4.78 is 13.4. The summed E-state index contributed by atoms with van der Waals surface area (Å²) in [6, 6.07) is 0. The van der Waals surface area contributed by atoms with Crippen molar-refractivity contribution in [3.63, 3.8) is 0 Å². The zero-order valence-corrected chi connectivity index (χ0v) is 20.6. The number of nitrogens with two attached hydrogens (primary N) is 1. The van der Waals surface area contributed by atoms with Crippen LogP contribution in [0.15, 0.2) is 12.3 Å². The van der Waals surface area contributed by atoms with Gasteiger partial charge in [-0.1, -0.05) is 20.8 Å². The van der Waals surface area contributed by atoms with Crippen LogP contribution in [0.25, 0.3) is 6.20 Å². The summed E-state index contributed by atoms with van der Waals surface area (Å²) in [6.07, 6.45) is 9.85. The molecule has 184 valence electrons. The van der Waals surface area contributed by atoms with E-state index in [1.807, 2.05) is 40.7 Å². The zero-order chi connectivity index (χ0) is 24.3. The molecule has 1 aromatic heterocycles. The maximum atomic E-state index is 13.3. The molecule has 9 nitrogen and oxygen atoms in total. The number of nitrogens with one attached hydrogen (secondary N) is 2. The van der Waals surface area contributed by atoms with Crippen molar-refractivity contribution in [2.24, 2.45) is 11.7 Å². The van der Waals surface area contributed by atoms with Gasteiger partial charge in [0.1, 0.15) is 5.56 Å². The van der Waals surface area contributed by atoms with Gasteiger partial charge in [0.15, 0.2) is 0 Å². The van der Waals surface area contributed by atoms with E-state index in [2.05, 4.69) is 15.7 Å². The first kappa shape index (κ1) is 25.2. The monoisotopic (exact) mass is 461 g/mol. The van der Waals surface area contributed by atoms with Gasteiger partial charge in [0, 0.05) is 18.2 Å². The van der Waals surface area contributed by atoms with Gasteiger partial charge in [-0.15, -0.1) is 0 Å². The molecular formula is C24H39N5O4. The Morgan fingerprint density at radius 1 is 1.30 bits per heavy atom. The first-order valence-corrected chi connectivity index (χ1v) is 11.9. The summed E-state index contributed by atoms with van der Waals surface area (Å²) >= 11 is 0. The molecule has 0 saturated heterocycles. The largest absolute Gasteiger partial charge is 0.477 e. The number of ether oxygens (including phenoxy) is 2. The first-order chi connectivity index (χ1) is 15.5. The summed E-state index contributed by atoms with van der Waals surface area (Å²) in [7, 11) is 0.